The van der Waals surface area contributed by atoms with E-state index in [4.69, 9.17) is 9.98 Å². The van der Waals surface area contributed by atoms with Crippen LogP contribution in [0.25, 0.3) is 10.9 Å². The Morgan fingerprint density at radius 2 is 1.42 bits per heavy atom. The lowest BCUT2D eigenvalue weighted by Crippen LogP contribution is -2.18. The van der Waals surface area contributed by atoms with Crippen LogP contribution in [0.15, 0.2) is 96.0 Å². The highest BCUT2D eigenvalue weighted by molar-refractivity contribution is 6.15. The van der Waals surface area contributed by atoms with E-state index in [1.807, 2.05) is 18.2 Å². The molecule has 0 spiro atoms. The first kappa shape index (κ1) is 15.0. The molecule has 1 aromatic heterocycles. The number of hydrogen-bond donors (Lipinski definition) is 0. The maximum atomic E-state index is 5.15. The zero-order chi connectivity index (χ0) is 17.3. The molecule has 0 saturated heterocycles. The van der Waals surface area contributed by atoms with Crippen LogP contribution in [0, 0.1) is 0 Å². The Kier molecular flexibility index (Phi) is 3.60. The molecule has 0 N–H and O–H groups in total. The molecule has 4 aromatic rings. The SMILES string of the molecule is c1ccc(C2=NC(c3ccccc3)Cc3nc4ccccc4cc32)cc1. The molecule has 124 valence electrons. The van der Waals surface area contributed by atoms with E-state index in [2.05, 4.69) is 72.8 Å². The van der Waals surface area contributed by atoms with Crippen molar-refractivity contribution in [2.75, 3.05) is 0 Å². The first-order chi connectivity index (χ1) is 12.9. The van der Waals surface area contributed by atoms with E-state index >= 15 is 0 Å². The minimum atomic E-state index is 0.104. The summed E-state index contributed by atoms with van der Waals surface area (Å²) < 4.78 is 0. The van der Waals surface area contributed by atoms with Crippen molar-refractivity contribution in [1.29, 1.82) is 0 Å². The van der Waals surface area contributed by atoms with Crippen LogP contribution in [0.4, 0.5) is 0 Å². The third-order valence-electron chi connectivity index (χ3n) is 4.96. The molecule has 0 aliphatic carbocycles. The van der Waals surface area contributed by atoms with Gasteiger partial charge in [0.25, 0.3) is 0 Å². The van der Waals surface area contributed by atoms with Crippen molar-refractivity contribution >= 4 is 16.6 Å². The molecule has 26 heavy (non-hydrogen) atoms. The monoisotopic (exact) mass is 334 g/mol. The van der Waals surface area contributed by atoms with Crippen molar-refractivity contribution in [2.24, 2.45) is 4.99 Å². The van der Waals surface area contributed by atoms with Gasteiger partial charge in [0.05, 0.1) is 23.0 Å². The number of pyridine rings is 1. The maximum absolute atomic E-state index is 5.15. The van der Waals surface area contributed by atoms with Crippen molar-refractivity contribution in [2.45, 2.75) is 12.5 Å². The Bertz CT molecular complexity index is 1100. The van der Waals surface area contributed by atoms with Gasteiger partial charge in [0.15, 0.2) is 0 Å². The average molecular weight is 334 g/mol. The maximum Gasteiger partial charge on any atom is 0.0812 e. The Morgan fingerprint density at radius 1 is 0.731 bits per heavy atom. The van der Waals surface area contributed by atoms with Crippen LogP contribution in [-0.2, 0) is 6.42 Å². The van der Waals surface area contributed by atoms with Gasteiger partial charge >= 0.3 is 0 Å². The molecule has 2 heteroatoms. The second-order valence-electron chi connectivity index (χ2n) is 6.65. The number of para-hydroxylation sites is 1. The standard InChI is InChI=1S/C24H18N2/c1-3-9-17(10-4-1)22-16-23-20(15-19-13-7-8-14-21(19)25-23)24(26-22)18-11-5-2-6-12-18/h1-15,22H,16H2. The number of rotatable bonds is 2. The molecule has 0 bridgehead atoms. The molecule has 1 aliphatic heterocycles. The fraction of sp³-hybridized carbons (Fsp3) is 0.0833. The van der Waals surface area contributed by atoms with Crippen molar-refractivity contribution in [1.82, 2.24) is 4.98 Å². The van der Waals surface area contributed by atoms with Gasteiger partial charge in [-0.1, -0.05) is 78.9 Å². The third-order valence-corrected chi connectivity index (χ3v) is 4.96. The second-order valence-corrected chi connectivity index (χ2v) is 6.65. The summed E-state index contributed by atoms with van der Waals surface area (Å²) in [6.45, 7) is 0. The third kappa shape index (κ3) is 2.60. The van der Waals surface area contributed by atoms with Gasteiger partial charge in [-0.25, -0.2) is 0 Å². The fourth-order valence-electron chi connectivity index (χ4n) is 3.66. The quantitative estimate of drug-likeness (QED) is 0.484. The van der Waals surface area contributed by atoms with Gasteiger partial charge in [0, 0.05) is 22.9 Å². The zero-order valence-electron chi connectivity index (χ0n) is 14.3. The smallest absolute Gasteiger partial charge is 0.0812 e. The molecule has 2 nitrogen and oxygen atoms in total. The number of hydrogen-bond acceptors (Lipinski definition) is 2. The molecule has 0 amide bonds. The van der Waals surface area contributed by atoms with E-state index in [-0.39, 0.29) is 6.04 Å². The predicted molar refractivity (Wildman–Crippen MR) is 107 cm³/mol. The van der Waals surface area contributed by atoms with Crippen LogP contribution >= 0.6 is 0 Å². The summed E-state index contributed by atoms with van der Waals surface area (Å²) in [5.74, 6) is 0. The lowest BCUT2D eigenvalue weighted by Gasteiger charge is -2.24. The van der Waals surface area contributed by atoms with Crippen LogP contribution in [-0.4, -0.2) is 10.7 Å². The number of benzene rings is 3. The lowest BCUT2D eigenvalue weighted by molar-refractivity contribution is 0.698. The second kappa shape index (κ2) is 6.23. The minimum Gasteiger partial charge on any atom is -0.276 e. The Morgan fingerprint density at radius 3 is 2.23 bits per heavy atom. The van der Waals surface area contributed by atoms with Gasteiger partial charge in [-0.05, 0) is 17.7 Å². The number of nitrogens with zero attached hydrogens (tertiary/aromatic N) is 2. The van der Waals surface area contributed by atoms with Crippen molar-refractivity contribution in [3.63, 3.8) is 0 Å². The van der Waals surface area contributed by atoms with Crippen molar-refractivity contribution < 1.29 is 0 Å². The Labute approximate surface area is 152 Å². The van der Waals surface area contributed by atoms with Crippen molar-refractivity contribution in [3.8, 4) is 0 Å². The van der Waals surface area contributed by atoms with E-state index in [1.165, 1.54) is 5.56 Å². The number of aliphatic imine (C=N–C) groups is 1. The van der Waals surface area contributed by atoms with E-state index < -0.39 is 0 Å². The number of fused-ring (bicyclic) bond motifs is 2. The molecule has 1 unspecified atom stereocenters. The molecule has 0 radical (unpaired) electrons. The van der Waals surface area contributed by atoms with Crippen LogP contribution in [0.1, 0.15) is 28.4 Å². The molecule has 0 fully saturated rings. The summed E-state index contributed by atoms with van der Waals surface area (Å²) in [5, 5.41) is 1.16. The first-order valence-electron chi connectivity index (χ1n) is 8.96. The van der Waals surface area contributed by atoms with Crippen LogP contribution in [0.5, 0.6) is 0 Å². The Hall–Kier alpha value is -3.26. The van der Waals surface area contributed by atoms with Gasteiger partial charge < -0.3 is 0 Å². The van der Waals surface area contributed by atoms with Crippen LogP contribution in [0.3, 0.4) is 0 Å². The molecule has 3 aromatic carbocycles. The van der Waals surface area contributed by atoms with Gasteiger partial charge in [-0.15, -0.1) is 0 Å². The van der Waals surface area contributed by atoms with Gasteiger partial charge in [-0.2, -0.15) is 0 Å². The number of aromatic nitrogens is 1. The van der Waals surface area contributed by atoms with Gasteiger partial charge in [-0.3, -0.25) is 9.98 Å². The molecule has 5 rings (SSSR count). The molecular weight excluding hydrogens is 316 g/mol. The average Bonchev–Trinajstić information content (AvgIpc) is 2.73. The van der Waals surface area contributed by atoms with Crippen molar-refractivity contribution in [3.05, 3.63) is 113 Å². The predicted octanol–water partition coefficient (Wildman–Crippen LogP) is 5.37. The fourth-order valence-corrected chi connectivity index (χ4v) is 3.66. The summed E-state index contributed by atoms with van der Waals surface area (Å²) in [6, 6.07) is 31.6. The highest BCUT2D eigenvalue weighted by atomic mass is 14.9. The highest BCUT2D eigenvalue weighted by Gasteiger charge is 2.24. The topological polar surface area (TPSA) is 25.2 Å². The summed E-state index contributed by atoms with van der Waals surface area (Å²) in [7, 11) is 0. The summed E-state index contributed by atoms with van der Waals surface area (Å²) in [5.41, 5.74) is 6.76. The van der Waals surface area contributed by atoms with Gasteiger partial charge in [0.1, 0.15) is 0 Å². The first-order valence-corrected chi connectivity index (χ1v) is 8.96. The largest absolute Gasteiger partial charge is 0.276 e. The Balaban J connectivity index is 1.73. The minimum absolute atomic E-state index is 0.104. The van der Waals surface area contributed by atoms with Crippen LogP contribution < -0.4 is 0 Å². The summed E-state index contributed by atoms with van der Waals surface area (Å²) in [6.07, 6.45) is 0.834. The molecule has 1 atom stereocenters. The van der Waals surface area contributed by atoms with E-state index in [1.54, 1.807) is 0 Å². The molecule has 0 saturated carbocycles. The zero-order valence-corrected chi connectivity index (χ0v) is 14.3. The van der Waals surface area contributed by atoms with E-state index in [9.17, 15) is 0 Å². The van der Waals surface area contributed by atoms with Crippen LogP contribution in [0.2, 0.25) is 0 Å². The molecule has 2 heterocycles. The summed E-state index contributed by atoms with van der Waals surface area (Å²) >= 11 is 0. The van der Waals surface area contributed by atoms with Gasteiger partial charge in [0.2, 0.25) is 0 Å². The van der Waals surface area contributed by atoms with E-state index in [0.717, 1.165) is 39.9 Å². The highest BCUT2D eigenvalue weighted by Crippen LogP contribution is 2.32. The normalized spacial score (nSPS) is 16.2. The lowest BCUT2D eigenvalue weighted by atomic mass is 9.90. The molecular formula is C24H18N2. The summed E-state index contributed by atoms with van der Waals surface area (Å²) in [4.78, 5) is 10.1. The molecule has 1 aliphatic rings. The van der Waals surface area contributed by atoms with E-state index in [0.29, 0.717) is 0 Å².